The minimum Gasteiger partial charge on any atom is -0.334 e. The standard InChI is InChI=1S/C14H17ClN2O/c15-11-4-1-3-10(9-11)12-5-2-8-17(12)13(18)14(16)6-7-14/h1,3-4,9,12H,2,5-8,16H2. The Morgan fingerprint density at radius 1 is 1.44 bits per heavy atom. The minimum atomic E-state index is -0.568. The zero-order chi connectivity index (χ0) is 12.8. The normalized spacial score (nSPS) is 25.2. The van der Waals surface area contributed by atoms with Crippen LogP contribution < -0.4 is 5.73 Å². The van der Waals surface area contributed by atoms with E-state index in [4.69, 9.17) is 17.3 Å². The Bertz CT molecular complexity index is 484. The Morgan fingerprint density at radius 2 is 2.22 bits per heavy atom. The van der Waals surface area contributed by atoms with E-state index in [0.717, 1.165) is 42.8 Å². The van der Waals surface area contributed by atoms with E-state index >= 15 is 0 Å². The van der Waals surface area contributed by atoms with Gasteiger partial charge in [-0.25, -0.2) is 0 Å². The summed E-state index contributed by atoms with van der Waals surface area (Å²) in [5.74, 6) is 0.116. The number of carbonyl (C=O) groups excluding carboxylic acids is 1. The van der Waals surface area contributed by atoms with E-state index in [1.165, 1.54) is 0 Å². The van der Waals surface area contributed by atoms with Gasteiger partial charge in [0.25, 0.3) is 0 Å². The van der Waals surface area contributed by atoms with E-state index in [-0.39, 0.29) is 11.9 Å². The molecule has 1 saturated heterocycles. The van der Waals surface area contributed by atoms with Gasteiger partial charge in [-0.05, 0) is 43.4 Å². The first kappa shape index (κ1) is 12.0. The number of hydrogen-bond acceptors (Lipinski definition) is 2. The van der Waals surface area contributed by atoms with E-state index in [2.05, 4.69) is 0 Å². The molecule has 1 unspecified atom stereocenters. The molecule has 3 rings (SSSR count). The van der Waals surface area contributed by atoms with Crippen molar-refractivity contribution in [1.29, 1.82) is 0 Å². The highest BCUT2D eigenvalue weighted by Gasteiger charge is 2.50. The van der Waals surface area contributed by atoms with Gasteiger partial charge >= 0.3 is 0 Å². The molecular formula is C14H17ClN2O. The topological polar surface area (TPSA) is 46.3 Å². The molecule has 1 aliphatic heterocycles. The number of likely N-dealkylation sites (tertiary alicyclic amines) is 1. The highest BCUT2D eigenvalue weighted by molar-refractivity contribution is 6.30. The number of nitrogens with two attached hydrogens (primary N) is 1. The second-order valence-corrected chi connectivity index (χ2v) is 5.80. The Labute approximate surface area is 112 Å². The summed E-state index contributed by atoms with van der Waals surface area (Å²) in [6, 6.07) is 7.94. The summed E-state index contributed by atoms with van der Waals surface area (Å²) in [4.78, 5) is 14.3. The summed E-state index contributed by atoms with van der Waals surface area (Å²) in [6.07, 6.45) is 3.69. The molecule has 18 heavy (non-hydrogen) atoms. The number of hydrogen-bond donors (Lipinski definition) is 1. The molecule has 3 nitrogen and oxygen atoms in total. The maximum absolute atomic E-state index is 12.4. The zero-order valence-electron chi connectivity index (χ0n) is 10.2. The van der Waals surface area contributed by atoms with Gasteiger partial charge in [0.1, 0.15) is 0 Å². The second-order valence-electron chi connectivity index (χ2n) is 5.37. The van der Waals surface area contributed by atoms with Crippen LogP contribution in [0.5, 0.6) is 0 Å². The van der Waals surface area contributed by atoms with Crippen LogP contribution in [0.4, 0.5) is 0 Å². The van der Waals surface area contributed by atoms with Gasteiger partial charge < -0.3 is 10.6 Å². The number of amides is 1. The minimum absolute atomic E-state index is 0.116. The third kappa shape index (κ3) is 2.02. The summed E-state index contributed by atoms with van der Waals surface area (Å²) < 4.78 is 0. The van der Waals surface area contributed by atoms with Gasteiger partial charge in [0.05, 0.1) is 11.6 Å². The van der Waals surface area contributed by atoms with Crippen LogP contribution in [0.25, 0.3) is 0 Å². The Balaban J connectivity index is 1.85. The number of rotatable bonds is 2. The fourth-order valence-corrected chi connectivity index (χ4v) is 2.90. The highest BCUT2D eigenvalue weighted by Crippen LogP contribution is 2.40. The van der Waals surface area contributed by atoms with Gasteiger partial charge in [0.2, 0.25) is 5.91 Å². The van der Waals surface area contributed by atoms with Crippen LogP contribution in [-0.2, 0) is 4.79 Å². The molecule has 0 spiro atoms. The summed E-state index contributed by atoms with van der Waals surface area (Å²) in [6.45, 7) is 0.814. The molecule has 2 N–H and O–H groups in total. The largest absolute Gasteiger partial charge is 0.334 e. The molecule has 96 valence electrons. The quantitative estimate of drug-likeness (QED) is 0.892. The van der Waals surface area contributed by atoms with Gasteiger partial charge in [-0.1, -0.05) is 23.7 Å². The molecule has 4 heteroatoms. The molecule has 1 aliphatic carbocycles. The SMILES string of the molecule is NC1(C(=O)N2CCCC2c2cccc(Cl)c2)CC1. The molecule has 1 amide bonds. The maximum Gasteiger partial charge on any atom is 0.243 e. The molecule has 1 aromatic rings. The molecule has 0 radical (unpaired) electrons. The second kappa shape index (κ2) is 4.25. The number of carbonyl (C=O) groups is 1. The summed E-state index contributed by atoms with van der Waals surface area (Å²) in [5, 5.41) is 0.723. The lowest BCUT2D eigenvalue weighted by Crippen LogP contribution is -2.45. The van der Waals surface area contributed by atoms with Gasteiger partial charge in [0.15, 0.2) is 0 Å². The van der Waals surface area contributed by atoms with E-state index < -0.39 is 5.54 Å². The van der Waals surface area contributed by atoms with Gasteiger partial charge in [-0.3, -0.25) is 4.79 Å². The molecule has 1 heterocycles. The van der Waals surface area contributed by atoms with Crippen molar-refractivity contribution in [3.05, 3.63) is 34.9 Å². The van der Waals surface area contributed by atoms with Crippen LogP contribution in [0.1, 0.15) is 37.3 Å². The van der Waals surface area contributed by atoms with Crippen LogP contribution in [0.3, 0.4) is 0 Å². The first-order chi connectivity index (χ1) is 8.60. The molecule has 0 aromatic heterocycles. The maximum atomic E-state index is 12.4. The first-order valence-corrected chi connectivity index (χ1v) is 6.83. The van der Waals surface area contributed by atoms with Gasteiger partial charge in [0, 0.05) is 11.6 Å². The van der Waals surface area contributed by atoms with Crippen molar-refractivity contribution >= 4 is 17.5 Å². The average Bonchev–Trinajstić information content (AvgIpc) is 2.94. The van der Waals surface area contributed by atoms with Crippen molar-refractivity contribution in [2.45, 2.75) is 37.3 Å². The third-order valence-electron chi connectivity index (χ3n) is 3.96. The highest BCUT2D eigenvalue weighted by atomic mass is 35.5. The Morgan fingerprint density at radius 3 is 2.89 bits per heavy atom. The van der Waals surface area contributed by atoms with Crippen LogP contribution in [0, 0.1) is 0 Å². The summed E-state index contributed by atoms with van der Waals surface area (Å²) in [7, 11) is 0. The molecule has 2 aliphatic rings. The van der Waals surface area contributed by atoms with Crippen LogP contribution in [0.2, 0.25) is 5.02 Å². The van der Waals surface area contributed by atoms with Crippen molar-refractivity contribution < 1.29 is 4.79 Å². The lowest BCUT2D eigenvalue weighted by atomic mass is 10.0. The summed E-state index contributed by atoms with van der Waals surface area (Å²) >= 11 is 6.02. The predicted molar refractivity (Wildman–Crippen MR) is 71.3 cm³/mol. The monoisotopic (exact) mass is 264 g/mol. The molecule has 0 bridgehead atoms. The van der Waals surface area contributed by atoms with E-state index in [0.29, 0.717) is 0 Å². The first-order valence-electron chi connectivity index (χ1n) is 6.46. The van der Waals surface area contributed by atoms with Crippen molar-refractivity contribution in [2.75, 3.05) is 6.54 Å². The number of nitrogens with zero attached hydrogens (tertiary/aromatic N) is 1. The van der Waals surface area contributed by atoms with Crippen molar-refractivity contribution in [3.63, 3.8) is 0 Å². The van der Waals surface area contributed by atoms with Crippen LogP contribution >= 0.6 is 11.6 Å². The van der Waals surface area contributed by atoms with Gasteiger partial charge in [-0.2, -0.15) is 0 Å². The molecule has 1 atom stereocenters. The molecule has 1 aromatic carbocycles. The van der Waals surface area contributed by atoms with Crippen molar-refractivity contribution in [2.24, 2.45) is 5.73 Å². The Kier molecular flexibility index (Phi) is 2.83. The van der Waals surface area contributed by atoms with Crippen molar-refractivity contribution in [3.8, 4) is 0 Å². The fourth-order valence-electron chi connectivity index (χ4n) is 2.70. The smallest absolute Gasteiger partial charge is 0.243 e. The molecule has 2 fully saturated rings. The van der Waals surface area contributed by atoms with E-state index in [1.54, 1.807) is 0 Å². The molecule has 1 saturated carbocycles. The van der Waals surface area contributed by atoms with Crippen LogP contribution in [-0.4, -0.2) is 22.9 Å². The predicted octanol–water partition coefficient (Wildman–Crippen LogP) is 2.49. The average molecular weight is 265 g/mol. The fraction of sp³-hybridized carbons (Fsp3) is 0.500. The third-order valence-corrected chi connectivity index (χ3v) is 4.20. The Hall–Kier alpha value is -1.06. The molecular weight excluding hydrogens is 248 g/mol. The lowest BCUT2D eigenvalue weighted by molar-refractivity contribution is -0.134. The van der Waals surface area contributed by atoms with Crippen molar-refractivity contribution in [1.82, 2.24) is 4.90 Å². The number of benzene rings is 1. The number of halogens is 1. The zero-order valence-corrected chi connectivity index (χ0v) is 11.0. The summed E-state index contributed by atoms with van der Waals surface area (Å²) in [5.41, 5.74) is 6.58. The van der Waals surface area contributed by atoms with E-state index in [1.807, 2.05) is 29.2 Å². The lowest BCUT2D eigenvalue weighted by Gasteiger charge is -2.27. The van der Waals surface area contributed by atoms with E-state index in [9.17, 15) is 4.79 Å². The van der Waals surface area contributed by atoms with Gasteiger partial charge in [-0.15, -0.1) is 0 Å². The van der Waals surface area contributed by atoms with Crippen LogP contribution in [0.15, 0.2) is 24.3 Å².